The Morgan fingerprint density at radius 2 is 1.90 bits per heavy atom. The van der Waals surface area contributed by atoms with Gasteiger partial charge < -0.3 is 15.4 Å². The molecule has 0 bridgehead atoms. The summed E-state index contributed by atoms with van der Waals surface area (Å²) in [6, 6.07) is 9.11. The predicted octanol–water partition coefficient (Wildman–Crippen LogP) is 0.831. The summed E-state index contributed by atoms with van der Waals surface area (Å²) in [7, 11) is 0. The van der Waals surface area contributed by atoms with Crippen molar-refractivity contribution in [2.24, 2.45) is 10.7 Å². The summed E-state index contributed by atoms with van der Waals surface area (Å²) in [6.45, 7) is 7.99. The van der Waals surface area contributed by atoms with Crippen LogP contribution in [0.4, 0.5) is 5.69 Å². The number of aliphatic imine (C=N–C) groups is 1. The zero-order chi connectivity index (χ0) is 13.9. The number of hydrogen-bond acceptors (Lipinski definition) is 5. The number of benzene rings is 1. The molecule has 2 aliphatic heterocycles. The summed E-state index contributed by atoms with van der Waals surface area (Å²) in [4.78, 5) is 8.96. The minimum absolute atomic E-state index is 0.140. The first kappa shape index (κ1) is 13.2. The molecule has 20 heavy (non-hydrogen) atoms. The normalized spacial score (nSPS) is 23.6. The lowest BCUT2D eigenvalue weighted by molar-refractivity contribution is 0.139. The molecule has 1 saturated heterocycles. The lowest BCUT2D eigenvalue weighted by Gasteiger charge is -2.36. The Morgan fingerprint density at radius 1 is 1.20 bits per heavy atom. The highest BCUT2D eigenvalue weighted by atomic mass is 16.5. The van der Waals surface area contributed by atoms with Crippen LogP contribution in [0.2, 0.25) is 0 Å². The molecule has 5 nitrogen and oxygen atoms in total. The maximum atomic E-state index is 5.54. The number of hydrogen-bond donors (Lipinski definition) is 1. The van der Waals surface area contributed by atoms with Gasteiger partial charge in [0, 0.05) is 38.4 Å². The van der Waals surface area contributed by atoms with Gasteiger partial charge in [0.25, 0.3) is 6.02 Å². The molecule has 5 heteroatoms. The summed E-state index contributed by atoms with van der Waals surface area (Å²) in [5.74, 6) is 0. The molecule has 0 aromatic heterocycles. The van der Waals surface area contributed by atoms with Crippen molar-refractivity contribution >= 4 is 11.7 Å². The van der Waals surface area contributed by atoms with Gasteiger partial charge in [-0.15, -0.1) is 0 Å². The van der Waals surface area contributed by atoms with E-state index in [1.54, 1.807) is 0 Å². The van der Waals surface area contributed by atoms with Crippen LogP contribution in [0.15, 0.2) is 29.3 Å². The maximum absolute atomic E-state index is 5.54. The number of amidine groups is 1. The van der Waals surface area contributed by atoms with Crippen molar-refractivity contribution in [3.05, 3.63) is 29.8 Å². The van der Waals surface area contributed by atoms with Gasteiger partial charge in [-0.2, -0.15) is 0 Å². The van der Waals surface area contributed by atoms with Crippen molar-refractivity contribution in [1.29, 1.82) is 0 Å². The summed E-state index contributed by atoms with van der Waals surface area (Å²) >= 11 is 0. The molecular formula is C15H22N4O. The highest BCUT2D eigenvalue weighted by Gasteiger charge is 2.24. The highest BCUT2D eigenvalue weighted by molar-refractivity contribution is 5.73. The third-order valence-electron chi connectivity index (χ3n) is 3.97. The standard InChI is InChI=1S/C15H22N4O/c1-12-2-4-13(5-3-12)19-8-6-18(7-9-19)11-14-10-17-15(16)20-14/h2-5,14H,6-11H2,1H3,(H2,16,17). The molecule has 1 aromatic carbocycles. The quantitative estimate of drug-likeness (QED) is 0.887. The van der Waals surface area contributed by atoms with E-state index >= 15 is 0 Å². The third-order valence-corrected chi connectivity index (χ3v) is 3.97. The second kappa shape index (κ2) is 5.71. The van der Waals surface area contributed by atoms with Crippen molar-refractivity contribution in [2.45, 2.75) is 13.0 Å². The van der Waals surface area contributed by atoms with E-state index < -0.39 is 0 Å². The Kier molecular flexibility index (Phi) is 3.78. The topological polar surface area (TPSA) is 54.1 Å². The summed E-state index contributed by atoms with van der Waals surface area (Å²) in [5, 5.41) is 0. The van der Waals surface area contributed by atoms with E-state index in [2.05, 4.69) is 46.0 Å². The van der Waals surface area contributed by atoms with Crippen molar-refractivity contribution < 1.29 is 4.74 Å². The van der Waals surface area contributed by atoms with Gasteiger partial charge >= 0.3 is 0 Å². The molecule has 2 heterocycles. The molecule has 1 fully saturated rings. The highest BCUT2D eigenvalue weighted by Crippen LogP contribution is 2.17. The monoisotopic (exact) mass is 274 g/mol. The Balaban J connectivity index is 1.48. The Bertz CT molecular complexity index is 477. The molecule has 1 unspecified atom stereocenters. The molecule has 1 atom stereocenters. The smallest absolute Gasteiger partial charge is 0.282 e. The van der Waals surface area contributed by atoms with Gasteiger partial charge in [-0.3, -0.25) is 4.90 Å². The van der Waals surface area contributed by atoms with Crippen molar-refractivity contribution in [3.8, 4) is 0 Å². The minimum Gasteiger partial charge on any atom is -0.459 e. The van der Waals surface area contributed by atoms with E-state index in [1.807, 2.05) is 0 Å². The SMILES string of the molecule is Cc1ccc(N2CCN(CC3CN=C(N)O3)CC2)cc1. The van der Waals surface area contributed by atoms with Gasteiger partial charge in [-0.05, 0) is 19.1 Å². The van der Waals surface area contributed by atoms with Crippen LogP contribution in [0.25, 0.3) is 0 Å². The second-order valence-electron chi connectivity index (χ2n) is 5.54. The van der Waals surface area contributed by atoms with Crippen LogP contribution in [-0.4, -0.2) is 56.3 Å². The predicted molar refractivity (Wildman–Crippen MR) is 81.2 cm³/mol. The van der Waals surface area contributed by atoms with Gasteiger partial charge in [0.2, 0.25) is 0 Å². The van der Waals surface area contributed by atoms with Gasteiger partial charge in [-0.1, -0.05) is 17.7 Å². The first-order valence-electron chi connectivity index (χ1n) is 7.21. The van der Waals surface area contributed by atoms with Gasteiger partial charge in [-0.25, -0.2) is 4.99 Å². The van der Waals surface area contributed by atoms with Crippen LogP contribution >= 0.6 is 0 Å². The van der Waals surface area contributed by atoms with Gasteiger partial charge in [0.1, 0.15) is 6.10 Å². The van der Waals surface area contributed by atoms with Crippen LogP contribution in [0.3, 0.4) is 0 Å². The van der Waals surface area contributed by atoms with E-state index in [-0.39, 0.29) is 6.10 Å². The van der Waals surface area contributed by atoms with Crippen LogP contribution in [0.1, 0.15) is 5.56 Å². The fourth-order valence-electron chi connectivity index (χ4n) is 2.76. The van der Waals surface area contributed by atoms with E-state index in [0.29, 0.717) is 12.6 Å². The number of nitrogens with zero attached hydrogens (tertiary/aromatic N) is 3. The Hall–Kier alpha value is -1.75. The molecular weight excluding hydrogens is 252 g/mol. The van der Waals surface area contributed by atoms with Gasteiger partial charge in [0.05, 0.1) is 6.54 Å². The van der Waals surface area contributed by atoms with Crippen LogP contribution in [-0.2, 0) is 4.74 Å². The van der Waals surface area contributed by atoms with E-state index in [0.717, 1.165) is 32.7 Å². The van der Waals surface area contributed by atoms with Gasteiger partial charge in [0.15, 0.2) is 0 Å². The van der Waals surface area contributed by atoms with Crippen LogP contribution in [0.5, 0.6) is 0 Å². The number of ether oxygens (including phenoxy) is 1. The minimum atomic E-state index is 0.140. The maximum Gasteiger partial charge on any atom is 0.282 e. The first-order valence-corrected chi connectivity index (χ1v) is 7.21. The molecule has 0 saturated carbocycles. The average molecular weight is 274 g/mol. The lowest BCUT2D eigenvalue weighted by Crippen LogP contribution is -2.49. The van der Waals surface area contributed by atoms with Crippen molar-refractivity contribution in [2.75, 3.05) is 44.2 Å². The third kappa shape index (κ3) is 3.04. The summed E-state index contributed by atoms with van der Waals surface area (Å²) < 4.78 is 5.46. The molecule has 0 radical (unpaired) electrons. The number of anilines is 1. The average Bonchev–Trinajstić information content (AvgIpc) is 2.86. The molecule has 1 aromatic rings. The number of rotatable bonds is 3. The zero-order valence-corrected chi connectivity index (χ0v) is 12.0. The molecule has 2 N–H and O–H groups in total. The molecule has 0 spiro atoms. The fraction of sp³-hybridized carbons (Fsp3) is 0.533. The molecule has 108 valence electrons. The Morgan fingerprint density at radius 3 is 2.50 bits per heavy atom. The Labute approximate surface area is 120 Å². The van der Waals surface area contributed by atoms with E-state index in [1.165, 1.54) is 11.3 Å². The lowest BCUT2D eigenvalue weighted by atomic mass is 10.2. The largest absolute Gasteiger partial charge is 0.459 e. The number of piperazine rings is 1. The van der Waals surface area contributed by atoms with Crippen molar-refractivity contribution in [3.63, 3.8) is 0 Å². The van der Waals surface area contributed by atoms with Crippen LogP contribution < -0.4 is 10.6 Å². The summed E-state index contributed by atoms with van der Waals surface area (Å²) in [6.07, 6.45) is 0.140. The van der Waals surface area contributed by atoms with Crippen LogP contribution in [0, 0.1) is 6.92 Å². The van der Waals surface area contributed by atoms with E-state index in [9.17, 15) is 0 Å². The molecule has 3 rings (SSSR count). The molecule has 0 aliphatic carbocycles. The fourth-order valence-corrected chi connectivity index (χ4v) is 2.76. The number of aryl methyl sites for hydroxylation is 1. The number of nitrogens with two attached hydrogens (primary N) is 1. The molecule has 2 aliphatic rings. The van der Waals surface area contributed by atoms with Crippen molar-refractivity contribution in [1.82, 2.24) is 4.90 Å². The van der Waals surface area contributed by atoms with E-state index in [4.69, 9.17) is 10.5 Å². The molecule has 0 amide bonds. The zero-order valence-electron chi connectivity index (χ0n) is 12.0. The summed E-state index contributed by atoms with van der Waals surface area (Å²) in [5.41, 5.74) is 8.17. The first-order chi connectivity index (χ1) is 9.70. The second-order valence-corrected chi connectivity index (χ2v) is 5.54.